The van der Waals surface area contributed by atoms with Crippen LogP contribution in [0.4, 0.5) is 0 Å². The van der Waals surface area contributed by atoms with Crippen molar-refractivity contribution in [3.05, 3.63) is 29.8 Å². The van der Waals surface area contributed by atoms with Gasteiger partial charge in [-0.15, -0.1) is 5.16 Å². The summed E-state index contributed by atoms with van der Waals surface area (Å²) in [6.07, 6.45) is 1.56. The fraction of sp³-hybridized carbons (Fsp3) is 0.417. The summed E-state index contributed by atoms with van der Waals surface area (Å²) < 4.78 is 5.09. The molecule has 1 aromatic carbocycles. The van der Waals surface area contributed by atoms with Crippen LogP contribution in [0.1, 0.15) is 25.3 Å². The third-order valence-electron chi connectivity index (χ3n) is 2.45. The monoisotopic (exact) mass is 207 g/mol. The van der Waals surface area contributed by atoms with Crippen LogP contribution in [0.25, 0.3) is 0 Å². The van der Waals surface area contributed by atoms with E-state index in [4.69, 9.17) is 9.94 Å². The molecular weight excluding hydrogens is 190 g/mol. The molecule has 0 radical (unpaired) electrons. The Balaban J connectivity index is 2.91. The van der Waals surface area contributed by atoms with E-state index in [1.807, 2.05) is 24.3 Å². The molecule has 15 heavy (non-hydrogen) atoms. The Hall–Kier alpha value is -1.51. The van der Waals surface area contributed by atoms with Gasteiger partial charge in [0.1, 0.15) is 5.75 Å². The first-order valence-corrected chi connectivity index (χ1v) is 5.00. The van der Waals surface area contributed by atoms with Crippen LogP contribution in [0, 0.1) is 5.92 Å². The third-order valence-corrected chi connectivity index (χ3v) is 2.45. The zero-order valence-electron chi connectivity index (χ0n) is 9.34. The molecule has 0 bridgehead atoms. The van der Waals surface area contributed by atoms with Crippen LogP contribution >= 0.6 is 0 Å². The smallest absolute Gasteiger partial charge is 0.118 e. The van der Waals surface area contributed by atoms with Gasteiger partial charge in [0.25, 0.3) is 0 Å². The second kappa shape index (κ2) is 5.39. The molecule has 0 amide bonds. The Morgan fingerprint density at radius 3 is 2.27 bits per heavy atom. The van der Waals surface area contributed by atoms with Gasteiger partial charge in [0.2, 0.25) is 0 Å². The molecule has 0 saturated heterocycles. The molecule has 3 nitrogen and oxygen atoms in total. The van der Waals surface area contributed by atoms with E-state index in [1.165, 1.54) is 0 Å². The van der Waals surface area contributed by atoms with Crippen molar-refractivity contribution in [1.29, 1.82) is 0 Å². The highest BCUT2D eigenvalue weighted by Gasteiger charge is 2.13. The minimum absolute atomic E-state index is 0.140. The molecule has 1 N–H and O–H groups in total. The molecule has 0 spiro atoms. The quantitative estimate of drug-likeness (QED) is 0.468. The number of methoxy groups -OCH3 is 1. The second-order valence-corrected chi connectivity index (χ2v) is 3.81. The van der Waals surface area contributed by atoms with Gasteiger partial charge in [0.15, 0.2) is 0 Å². The number of ether oxygens (including phenoxy) is 1. The minimum Gasteiger partial charge on any atom is -0.497 e. The van der Waals surface area contributed by atoms with Gasteiger partial charge in [-0.1, -0.05) is 26.0 Å². The highest BCUT2D eigenvalue weighted by atomic mass is 16.5. The van der Waals surface area contributed by atoms with E-state index >= 15 is 0 Å². The van der Waals surface area contributed by atoms with E-state index in [-0.39, 0.29) is 5.92 Å². The van der Waals surface area contributed by atoms with Crippen LogP contribution in [-0.4, -0.2) is 18.5 Å². The molecule has 0 saturated carbocycles. The maximum Gasteiger partial charge on any atom is 0.118 e. The van der Waals surface area contributed by atoms with Crippen molar-refractivity contribution < 1.29 is 9.94 Å². The molecule has 1 rings (SSSR count). The number of hydrogen-bond donors (Lipinski definition) is 1. The van der Waals surface area contributed by atoms with Gasteiger partial charge in [0.05, 0.1) is 13.3 Å². The van der Waals surface area contributed by atoms with Crippen molar-refractivity contribution in [3.63, 3.8) is 0 Å². The van der Waals surface area contributed by atoms with Gasteiger partial charge in [0, 0.05) is 5.92 Å². The van der Waals surface area contributed by atoms with E-state index < -0.39 is 0 Å². The molecule has 82 valence electrons. The number of nitrogens with zero attached hydrogens (tertiary/aromatic N) is 1. The Morgan fingerprint density at radius 2 is 1.87 bits per heavy atom. The number of rotatable bonds is 4. The predicted octanol–water partition coefficient (Wildman–Crippen LogP) is 2.89. The SMILES string of the molecule is COc1ccc(C(/C=N/O)C(C)C)cc1. The van der Waals surface area contributed by atoms with Gasteiger partial charge in [-0.2, -0.15) is 0 Å². The topological polar surface area (TPSA) is 41.8 Å². The molecule has 0 aromatic heterocycles. The van der Waals surface area contributed by atoms with Crippen molar-refractivity contribution in [2.45, 2.75) is 19.8 Å². The molecule has 0 aliphatic rings. The summed E-state index contributed by atoms with van der Waals surface area (Å²) in [5, 5.41) is 11.7. The third kappa shape index (κ3) is 2.98. The molecule has 0 heterocycles. The first-order valence-electron chi connectivity index (χ1n) is 5.00. The first kappa shape index (κ1) is 11.6. The van der Waals surface area contributed by atoms with Crippen molar-refractivity contribution in [2.75, 3.05) is 7.11 Å². The molecule has 0 fully saturated rings. The standard InChI is InChI=1S/C12H17NO2/c1-9(2)12(8-13-14)10-4-6-11(15-3)7-5-10/h4-9,12,14H,1-3H3/b13-8+. The van der Waals surface area contributed by atoms with Gasteiger partial charge < -0.3 is 9.94 Å². The van der Waals surface area contributed by atoms with E-state index in [9.17, 15) is 0 Å². The van der Waals surface area contributed by atoms with Crippen molar-refractivity contribution in [1.82, 2.24) is 0 Å². The summed E-state index contributed by atoms with van der Waals surface area (Å²) in [4.78, 5) is 0. The zero-order chi connectivity index (χ0) is 11.3. The minimum atomic E-state index is 0.140. The summed E-state index contributed by atoms with van der Waals surface area (Å²) >= 11 is 0. The maximum absolute atomic E-state index is 8.59. The van der Waals surface area contributed by atoms with E-state index in [0.29, 0.717) is 5.92 Å². The van der Waals surface area contributed by atoms with Crippen LogP contribution in [0.5, 0.6) is 5.75 Å². The highest BCUT2D eigenvalue weighted by Crippen LogP contribution is 2.24. The summed E-state index contributed by atoms with van der Waals surface area (Å²) in [6, 6.07) is 7.81. The number of oxime groups is 1. The average Bonchev–Trinajstić information content (AvgIpc) is 2.26. The predicted molar refractivity (Wildman–Crippen MR) is 60.9 cm³/mol. The fourth-order valence-electron chi connectivity index (χ4n) is 1.54. The fourth-order valence-corrected chi connectivity index (χ4v) is 1.54. The molecule has 1 unspecified atom stereocenters. The van der Waals surface area contributed by atoms with Crippen LogP contribution in [0.3, 0.4) is 0 Å². The Bertz CT molecular complexity index is 317. The van der Waals surface area contributed by atoms with E-state index in [1.54, 1.807) is 13.3 Å². The van der Waals surface area contributed by atoms with Crippen LogP contribution < -0.4 is 4.74 Å². The maximum atomic E-state index is 8.59. The van der Waals surface area contributed by atoms with Gasteiger partial charge in [-0.25, -0.2) is 0 Å². The largest absolute Gasteiger partial charge is 0.497 e. The average molecular weight is 207 g/mol. The van der Waals surface area contributed by atoms with Gasteiger partial charge in [-0.3, -0.25) is 0 Å². The molecule has 0 aliphatic carbocycles. The Morgan fingerprint density at radius 1 is 1.27 bits per heavy atom. The summed E-state index contributed by atoms with van der Waals surface area (Å²) in [5.74, 6) is 1.37. The number of hydrogen-bond acceptors (Lipinski definition) is 3. The van der Waals surface area contributed by atoms with E-state index in [2.05, 4.69) is 19.0 Å². The van der Waals surface area contributed by atoms with Gasteiger partial charge >= 0.3 is 0 Å². The molecule has 3 heteroatoms. The lowest BCUT2D eigenvalue weighted by molar-refractivity contribution is 0.318. The lowest BCUT2D eigenvalue weighted by atomic mass is 9.89. The number of benzene rings is 1. The zero-order valence-corrected chi connectivity index (χ0v) is 9.34. The van der Waals surface area contributed by atoms with Crippen molar-refractivity contribution in [2.24, 2.45) is 11.1 Å². The summed E-state index contributed by atoms with van der Waals surface area (Å²) in [5.41, 5.74) is 1.13. The molecule has 1 aromatic rings. The molecule has 1 atom stereocenters. The Kier molecular flexibility index (Phi) is 4.16. The normalized spacial score (nSPS) is 13.3. The van der Waals surface area contributed by atoms with Gasteiger partial charge in [-0.05, 0) is 23.6 Å². The van der Waals surface area contributed by atoms with Crippen LogP contribution in [-0.2, 0) is 0 Å². The second-order valence-electron chi connectivity index (χ2n) is 3.81. The summed E-state index contributed by atoms with van der Waals surface area (Å²) in [6.45, 7) is 4.19. The first-order chi connectivity index (χ1) is 7.19. The Labute approximate surface area is 90.4 Å². The van der Waals surface area contributed by atoms with Crippen molar-refractivity contribution in [3.8, 4) is 5.75 Å². The molecular formula is C12H17NO2. The van der Waals surface area contributed by atoms with Crippen molar-refractivity contribution >= 4 is 6.21 Å². The lowest BCUT2D eigenvalue weighted by Gasteiger charge is -2.16. The lowest BCUT2D eigenvalue weighted by Crippen LogP contribution is -2.08. The van der Waals surface area contributed by atoms with E-state index in [0.717, 1.165) is 11.3 Å². The highest BCUT2D eigenvalue weighted by molar-refractivity contribution is 5.67. The van der Waals surface area contributed by atoms with Crippen LogP contribution in [0.2, 0.25) is 0 Å². The molecule has 0 aliphatic heterocycles. The van der Waals surface area contributed by atoms with Crippen LogP contribution in [0.15, 0.2) is 29.4 Å². The summed E-state index contributed by atoms with van der Waals surface area (Å²) in [7, 11) is 1.64.